The second kappa shape index (κ2) is 6.94. The molecular formula is C17H20FNO. The van der Waals surface area contributed by atoms with E-state index in [1.165, 1.54) is 11.6 Å². The normalized spacial score (nSPS) is 11.9. The Morgan fingerprint density at radius 2 is 1.95 bits per heavy atom. The highest BCUT2D eigenvalue weighted by atomic mass is 19.1. The zero-order valence-electron chi connectivity index (χ0n) is 11.9. The number of ether oxygens (including phenoxy) is 1. The number of benzene rings is 2. The number of aryl methyl sites for hydroxylation is 1. The largest absolute Gasteiger partial charge is 0.489 e. The highest BCUT2D eigenvalue weighted by molar-refractivity contribution is 5.44. The molecule has 0 fully saturated rings. The molecule has 0 radical (unpaired) electrons. The summed E-state index contributed by atoms with van der Waals surface area (Å²) in [6.45, 7) is 4.67. The Labute approximate surface area is 119 Å². The summed E-state index contributed by atoms with van der Waals surface area (Å²) in [6, 6.07) is 14.6. The SMILES string of the molecule is CCC(CNc1ccccc1F)Oc1cccc(C)c1. The molecule has 0 saturated heterocycles. The van der Waals surface area contributed by atoms with Gasteiger partial charge in [0.1, 0.15) is 17.7 Å². The molecule has 0 heterocycles. The summed E-state index contributed by atoms with van der Waals surface area (Å²) in [7, 11) is 0. The van der Waals surface area contributed by atoms with Crippen molar-refractivity contribution in [3.05, 3.63) is 59.9 Å². The van der Waals surface area contributed by atoms with E-state index in [0.29, 0.717) is 12.2 Å². The Balaban J connectivity index is 1.94. The summed E-state index contributed by atoms with van der Waals surface area (Å²) in [5.74, 6) is 0.616. The van der Waals surface area contributed by atoms with Gasteiger partial charge in [0.05, 0.1) is 12.2 Å². The van der Waals surface area contributed by atoms with Gasteiger partial charge in [-0.2, -0.15) is 0 Å². The number of hydrogen-bond acceptors (Lipinski definition) is 2. The second-order valence-corrected chi connectivity index (χ2v) is 4.83. The van der Waals surface area contributed by atoms with Gasteiger partial charge in [-0.15, -0.1) is 0 Å². The molecule has 0 aliphatic heterocycles. The fraction of sp³-hybridized carbons (Fsp3) is 0.294. The number of hydrogen-bond donors (Lipinski definition) is 1. The van der Waals surface area contributed by atoms with Crippen LogP contribution >= 0.6 is 0 Å². The lowest BCUT2D eigenvalue weighted by Gasteiger charge is -2.19. The average molecular weight is 273 g/mol. The smallest absolute Gasteiger partial charge is 0.146 e. The van der Waals surface area contributed by atoms with E-state index in [1.54, 1.807) is 12.1 Å². The molecule has 0 bridgehead atoms. The standard InChI is InChI=1S/C17H20FNO/c1-3-14(20-15-8-6-7-13(2)11-15)12-19-17-10-5-4-9-16(17)18/h4-11,14,19H,3,12H2,1-2H3. The summed E-state index contributed by atoms with van der Waals surface area (Å²) in [5.41, 5.74) is 1.68. The van der Waals surface area contributed by atoms with Gasteiger partial charge in [0.25, 0.3) is 0 Å². The minimum absolute atomic E-state index is 0.0106. The average Bonchev–Trinajstić information content (AvgIpc) is 2.45. The van der Waals surface area contributed by atoms with Crippen molar-refractivity contribution in [2.75, 3.05) is 11.9 Å². The third kappa shape index (κ3) is 3.98. The van der Waals surface area contributed by atoms with E-state index in [-0.39, 0.29) is 11.9 Å². The van der Waals surface area contributed by atoms with Crippen molar-refractivity contribution in [1.82, 2.24) is 0 Å². The van der Waals surface area contributed by atoms with Crippen molar-refractivity contribution in [3.63, 3.8) is 0 Å². The van der Waals surface area contributed by atoms with Crippen LogP contribution in [0.5, 0.6) is 5.75 Å². The fourth-order valence-electron chi connectivity index (χ4n) is 1.98. The van der Waals surface area contributed by atoms with Crippen LogP contribution in [-0.4, -0.2) is 12.6 Å². The molecule has 20 heavy (non-hydrogen) atoms. The number of anilines is 1. The minimum atomic E-state index is -0.238. The molecule has 106 valence electrons. The Hall–Kier alpha value is -2.03. The predicted octanol–water partition coefficient (Wildman–Crippen LogP) is 4.40. The topological polar surface area (TPSA) is 21.3 Å². The summed E-state index contributed by atoms with van der Waals surface area (Å²) in [4.78, 5) is 0. The van der Waals surface area contributed by atoms with Gasteiger partial charge in [0.15, 0.2) is 0 Å². The Bertz CT molecular complexity index is 556. The van der Waals surface area contributed by atoms with Crippen molar-refractivity contribution >= 4 is 5.69 Å². The van der Waals surface area contributed by atoms with E-state index in [4.69, 9.17) is 4.74 Å². The molecule has 1 atom stereocenters. The van der Waals surface area contributed by atoms with Crippen LogP contribution in [-0.2, 0) is 0 Å². The van der Waals surface area contributed by atoms with Gasteiger partial charge >= 0.3 is 0 Å². The Kier molecular flexibility index (Phi) is 4.99. The maximum Gasteiger partial charge on any atom is 0.146 e. The first-order chi connectivity index (χ1) is 9.69. The van der Waals surface area contributed by atoms with E-state index < -0.39 is 0 Å². The molecule has 0 amide bonds. The molecule has 1 unspecified atom stereocenters. The van der Waals surface area contributed by atoms with E-state index in [2.05, 4.69) is 12.2 Å². The maximum atomic E-state index is 13.5. The fourth-order valence-corrected chi connectivity index (χ4v) is 1.98. The zero-order valence-corrected chi connectivity index (χ0v) is 11.9. The monoisotopic (exact) mass is 273 g/mol. The number of para-hydroxylation sites is 1. The molecule has 0 saturated carbocycles. The first-order valence-corrected chi connectivity index (χ1v) is 6.90. The zero-order chi connectivity index (χ0) is 14.4. The highest BCUT2D eigenvalue weighted by Gasteiger charge is 2.09. The van der Waals surface area contributed by atoms with Gasteiger partial charge in [-0.25, -0.2) is 4.39 Å². The quantitative estimate of drug-likeness (QED) is 0.842. The van der Waals surface area contributed by atoms with Gasteiger partial charge < -0.3 is 10.1 Å². The lowest BCUT2D eigenvalue weighted by atomic mass is 10.2. The molecule has 2 rings (SSSR count). The molecule has 2 nitrogen and oxygen atoms in total. The Morgan fingerprint density at radius 3 is 2.65 bits per heavy atom. The molecular weight excluding hydrogens is 253 g/mol. The summed E-state index contributed by atoms with van der Waals surface area (Å²) in [6.07, 6.45) is 0.867. The van der Waals surface area contributed by atoms with Crippen LogP contribution in [0.25, 0.3) is 0 Å². The van der Waals surface area contributed by atoms with Crippen LogP contribution in [0.4, 0.5) is 10.1 Å². The second-order valence-electron chi connectivity index (χ2n) is 4.83. The molecule has 1 N–H and O–H groups in total. The molecule has 0 spiro atoms. The number of nitrogens with one attached hydrogen (secondary N) is 1. The summed E-state index contributed by atoms with van der Waals surface area (Å²) < 4.78 is 19.4. The van der Waals surface area contributed by atoms with Crippen LogP contribution in [0.1, 0.15) is 18.9 Å². The van der Waals surface area contributed by atoms with Crippen LogP contribution in [0.15, 0.2) is 48.5 Å². The summed E-state index contributed by atoms with van der Waals surface area (Å²) in [5, 5.41) is 3.10. The van der Waals surface area contributed by atoms with E-state index in [1.807, 2.05) is 37.3 Å². The van der Waals surface area contributed by atoms with E-state index in [0.717, 1.165) is 12.2 Å². The van der Waals surface area contributed by atoms with E-state index >= 15 is 0 Å². The van der Waals surface area contributed by atoms with Crippen molar-refractivity contribution in [2.45, 2.75) is 26.4 Å². The van der Waals surface area contributed by atoms with Gasteiger partial charge in [-0.05, 0) is 43.2 Å². The van der Waals surface area contributed by atoms with E-state index in [9.17, 15) is 4.39 Å². The van der Waals surface area contributed by atoms with Crippen molar-refractivity contribution in [3.8, 4) is 5.75 Å². The molecule has 0 aliphatic rings. The van der Waals surface area contributed by atoms with Crippen LogP contribution < -0.4 is 10.1 Å². The molecule has 2 aromatic carbocycles. The van der Waals surface area contributed by atoms with Crippen molar-refractivity contribution in [2.24, 2.45) is 0 Å². The van der Waals surface area contributed by atoms with Gasteiger partial charge in [0, 0.05) is 0 Å². The van der Waals surface area contributed by atoms with Gasteiger partial charge in [-0.1, -0.05) is 31.2 Å². The maximum absolute atomic E-state index is 13.5. The third-order valence-electron chi connectivity index (χ3n) is 3.14. The first kappa shape index (κ1) is 14.4. The van der Waals surface area contributed by atoms with Crippen molar-refractivity contribution in [1.29, 1.82) is 0 Å². The molecule has 0 aromatic heterocycles. The third-order valence-corrected chi connectivity index (χ3v) is 3.14. The molecule has 0 aliphatic carbocycles. The Morgan fingerprint density at radius 1 is 1.15 bits per heavy atom. The predicted molar refractivity (Wildman–Crippen MR) is 80.8 cm³/mol. The van der Waals surface area contributed by atoms with Crippen LogP contribution in [0.3, 0.4) is 0 Å². The summed E-state index contributed by atoms with van der Waals surface area (Å²) >= 11 is 0. The van der Waals surface area contributed by atoms with Crippen LogP contribution in [0.2, 0.25) is 0 Å². The lowest BCUT2D eigenvalue weighted by molar-refractivity contribution is 0.210. The highest BCUT2D eigenvalue weighted by Crippen LogP contribution is 2.17. The minimum Gasteiger partial charge on any atom is -0.489 e. The van der Waals surface area contributed by atoms with Crippen molar-refractivity contribution < 1.29 is 9.13 Å². The molecule has 2 aromatic rings. The first-order valence-electron chi connectivity index (χ1n) is 6.90. The van der Waals surface area contributed by atoms with Gasteiger partial charge in [-0.3, -0.25) is 0 Å². The van der Waals surface area contributed by atoms with Gasteiger partial charge in [0.2, 0.25) is 0 Å². The number of halogens is 1. The van der Waals surface area contributed by atoms with Crippen LogP contribution in [0, 0.1) is 12.7 Å². The lowest BCUT2D eigenvalue weighted by Crippen LogP contribution is -2.25. The molecule has 3 heteroatoms. The number of rotatable bonds is 6.